The molecular weight excluding hydrogens is 582 g/mol. The Bertz CT molecular complexity index is 2210. The highest BCUT2D eigenvalue weighted by atomic mass is 16.5. The first-order valence-electron chi connectivity index (χ1n) is 16.1. The van der Waals surface area contributed by atoms with Gasteiger partial charge in [-0.2, -0.15) is 10.2 Å². The molecule has 0 spiro atoms. The van der Waals surface area contributed by atoms with Gasteiger partial charge in [0.15, 0.2) is 11.2 Å². The maximum Gasteiger partial charge on any atom is 0.331 e. The number of imidazole rings is 1. The number of carboxylic acid groups (broad SMARTS) is 1. The second kappa shape index (κ2) is 9.51. The fourth-order valence-electron chi connectivity index (χ4n) is 7.38. The first-order chi connectivity index (χ1) is 22.3. The van der Waals surface area contributed by atoms with E-state index in [9.17, 15) is 9.90 Å². The monoisotopic (exact) mass is 617 g/mol. The number of rotatable bonds is 9. The van der Waals surface area contributed by atoms with E-state index in [-0.39, 0.29) is 5.92 Å². The first-order valence-corrected chi connectivity index (χ1v) is 16.1. The molecule has 9 rings (SSSR count). The molecule has 3 saturated carbocycles. The third kappa shape index (κ3) is 3.91. The van der Waals surface area contributed by atoms with E-state index in [0.29, 0.717) is 29.8 Å². The Balaban J connectivity index is 1.19. The molecule has 2 atom stereocenters. The molecule has 1 N–H and O–H groups in total. The second-order valence-corrected chi connectivity index (χ2v) is 13.2. The van der Waals surface area contributed by atoms with Gasteiger partial charge in [-0.3, -0.25) is 4.68 Å². The smallest absolute Gasteiger partial charge is 0.331 e. The molecule has 1 aromatic carbocycles. The van der Waals surface area contributed by atoms with Gasteiger partial charge in [0.2, 0.25) is 0 Å². The Morgan fingerprint density at radius 2 is 1.83 bits per heavy atom. The summed E-state index contributed by atoms with van der Waals surface area (Å²) >= 11 is 0. The minimum Gasteiger partial charge on any atom is -0.479 e. The standard InChI is InChI=1S/C34H35N9O3/c1-5-21-14-34(21,33(44)45)43-17-26(32(39-43)46-4)42-16-24-22(7-6-8-25(24)37-42)28-29(19-11-12-19)41(3)31(36-28)23-13-20-15-40(2)38-30(20)35-27(23)18-9-10-18/h6-8,13,15-19,21H,5,9-12,14H2,1-4H3,(H,44,45)/t21-,34-/m1/s1. The molecule has 5 heterocycles. The molecule has 0 bridgehead atoms. The Morgan fingerprint density at radius 3 is 2.52 bits per heavy atom. The van der Waals surface area contributed by atoms with E-state index < -0.39 is 11.5 Å². The van der Waals surface area contributed by atoms with Crippen molar-refractivity contribution in [2.24, 2.45) is 20.0 Å². The second-order valence-electron chi connectivity index (χ2n) is 13.2. The number of aromatic nitrogens is 9. The first kappa shape index (κ1) is 27.3. The fourth-order valence-corrected chi connectivity index (χ4v) is 7.38. The highest BCUT2D eigenvalue weighted by Gasteiger charge is 2.62. The van der Waals surface area contributed by atoms with Gasteiger partial charge in [0.25, 0.3) is 5.88 Å². The van der Waals surface area contributed by atoms with Crippen molar-refractivity contribution >= 4 is 27.9 Å². The maximum atomic E-state index is 12.4. The van der Waals surface area contributed by atoms with E-state index >= 15 is 0 Å². The molecule has 234 valence electrons. The number of aliphatic carboxylic acids is 1. The molecule has 0 radical (unpaired) electrons. The number of fused-ring (bicyclic) bond motifs is 2. The summed E-state index contributed by atoms with van der Waals surface area (Å²) in [5.74, 6) is 1.30. The molecule has 3 fully saturated rings. The molecular formula is C34H35N9O3. The number of carboxylic acids is 1. The third-order valence-corrected chi connectivity index (χ3v) is 10.2. The summed E-state index contributed by atoms with van der Waals surface area (Å²) in [6, 6.07) is 8.34. The molecule has 0 saturated heterocycles. The van der Waals surface area contributed by atoms with Crippen molar-refractivity contribution in [3.05, 3.63) is 54.2 Å². The van der Waals surface area contributed by atoms with Crippen LogP contribution in [0.2, 0.25) is 0 Å². The van der Waals surface area contributed by atoms with Crippen molar-refractivity contribution in [1.82, 2.24) is 43.9 Å². The molecule has 0 aliphatic heterocycles. The third-order valence-electron chi connectivity index (χ3n) is 10.2. The van der Waals surface area contributed by atoms with Crippen LogP contribution in [0, 0.1) is 5.92 Å². The van der Waals surface area contributed by atoms with Crippen LogP contribution >= 0.6 is 0 Å². The van der Waals surface area contributed by atoms with E-state index in [4.69, 9.17) is 19.8 Å². The average Bonchev–Trinajstić information content (AvgIpc) is 4.01. The highest BCUT2D eigenvalue weighted by molar-refractivity contribution is 5.95. The van der Waals surface area contributed by atoms with Crippen LogP contribution in [0.1, 0.15) is 68.7 Å². The van der Waals surface area contributed by atoms with Gasteiger partial charge < -0.3 is 14.4 Å². The zero-order chi connectivity index (χ0) is 31.5. The molecule has 5 aromatic heterocycles. The molecule has 3 aliphatic carbocycles. The lowest BCUT2D eigenvalue weighted by molar-refractivity contribution is -0.143. The molecule has 12 heteroatoms. The predicted molar refractivity (Wildman–Crippen MR) is 171 cm³/mol. The molecule has 0 unspecified atom stereocenters. The van der Waals surface area contributed by atoms with Crippen LogP contribution in [0.3, 0.4) is 0 Å². The normalized spacial score (nSPS) is 21.0. The molecule has 46 heavy (non-hydrogen) atoms. The van der Waals surface area contributed by atoms with Crippen LogP contribution < -0.4 is 4.74 Å². The van der Waals surface area contributed by atoms with Gasteiger partial charge in [-0.05, 0) is 50.2 Å². The van der Waals surface area contributed by atoms with Gasteiger partial charge in [0, 0.05) is 65.9 Å². The lowest BCUT2D eigenvalue weighted by Crippen LogP contribution is -2.30. The Kier molecular flexibility index (Phi) is 5.65. The van der Waals surface area contributed by atoms with Crippen LogP contribution in [0.5, 0.6) is 5.88 Å². The Labute approximate surface area is 264 Å². The number of ether oxygens (including phenoxy) is 1. The SMILES string of the molecule is CC[C@@H]1C[C@@]1(C(=O)O)n1cc(-n2cc3c(-c4nc(-c5cc6cn(C)nc6nc5C5CC5)n(C)c4C4CC4)cccc3n2)c(OC)n1. The largest absolute Gasteiger partial charge is 0.479 e. The van der Waals surface area contributed by atoms with Crippen LogP contribution in [0.15, 0.2) is 42.9 Å². The number of benzene rings is 1. The van der Waals surface area contributed by atoms with Gasteiger partial charge in [0.05, 0.1) is 30.2 Å². The van der Waals surface area contributed by atoms with Gasteiger partial charge in [-0.25, -0.2) is 24.1 Å². The number of carbonyl (C=O) groups is 1. The molecule has 0 amide bonds. The lowest BCUT2D eigenvalue weighted by atomic mass is 10.0. The summed E-state index contributed by atoms with van der Waals surface area (Å²) in [6.45, 7) is 2.01. The zero-order valence-electron chi connectivity index (χ0n) is 26.3. The summed E-state index contributed by atoms with van der Waals surface area (Å²) in [5, 5.41) is 26.2. The van der Waals surface area contributed by atoms with E-state index in [1.54, 1.807) is 22.7 Å². The van der Waals surface area contributed by atoms with Crippen molar-refractivity contribution < 1.29 is 14.6 Å². The summed E-state index contributed by atoms with van der Waals surface area (Å²) in [6.07, 6.45) is 11.6. The zero-order valence-corrected chi connectivity index (χ0v) is 26.3. The van der Waals surface area contributed by atoms with Crippen molar-refractivity contribution in [1.29, 1.82) is 0 Å². The minimum atomic E-state index is -1.05. The van der Waals surface area contributed by atoms with E-state index in [0.717, 1.165) is 82.4 Å². The minimum absolute atomic E-state index is 0.0273. The summed E-state index contributed by atoms with van der Waals surface area (Å²) in [7, 11) is 5.61. The number of hydrogen-bond acceptors (Lipinski definition) is 7. The summed E-state index contributed by atoms with van der Waals surface area (Å²) in [5.41, 5.74) is 6.52. The fraction of sp³-hybridized carbons (Fsp3) is 0.412. The maximum absolute atomic E-state index is 12.4. The molecule has 6 aromatic rings. The van der Waals surface area contributed by atoms with Crippen LogP contribution in [0.4, 0.5) is 0 Å². The predicted octanol–water partition coefficient (Wildman–Crippen LogP) is 5.54. The van der Waals surface area contributed by atoms with Crippen LogP contribution in [-0.2, 0) is 24.4 Å². The van der Waals surface area contributed by atoms with Crippen molar-refractivity contribution in [2.75, 3.05) is 7.11 Å². The van der Waals surface area contributed by atoms with E-state index in [2.05, 4.69) is 33.9 Å². The number of pyridine rings is 1. The topological polar surface area (TPSA) is 131 Å². The quantitative estimate of drug-likeness (QED) is 0.224. The summed E-state index contributed by atoms with van der Waals surface area (Å²) in [4.78, 5) is 22.8. The van der Waals surface area contributed by atoms with E-state index in [1.807, 2.05) is 43.2 Å². The van der Waals surface area contributed by atoms with Crippen LogP contribution in [0.25, 0.3) is 50.3 Å². The highest BCUT2D eigenvalue weighted by Crippen LogP contribution is 2.53. The summed E-state index contributed by atoms with van der Waals surface area (Å²) < 4.78 is 13.1. The van der Waals surface area contributed by atoms with Crippen molar-refractivity contribution in [3.63, 3.8) is 0 Å². The van der Waals surface area contributed by atoms with Gasteiger partial charge in [0.1, 0.15) is 11.5 Å². The van der Waals surface area contributed by atoms with E-state index in [1.165, 1.54) is 5.69 Å². The number of aryl methyl sites for hydroxylation is 1. The average molecular weight is 618 g/mol. The van der Waals surface area contributed by atoms with Gasteiger partial charge >= 0.3 is 5.97 Å². The van der Waals surface area contributed by atoms with Gasteiger partial charge in [-0.15, -0.1) is 5.10 Å². The Hall–Kier alpha value is -5.00. The number of nitrogens with zero attached hydrogens (tertiary/aromatic N) is 9. The van der Waals surface area contributed by atoms with Crippen molar-refractivity contribution in [3.8, 4) is 34.2 Å². The number of methoxy groups -OCH3 is 1. The molecule has 3 aliphatic rings. The van der Waals surface area contributed by atoms with Crippen molar-refractivity contribution in [2.45, 2.75) is 62.8 Å². The van der Waals surface area contributed by atoms with Gasteiger partial charge in [-0.1, -0.05) is 25.5 Å². The number of hydrogen-bond donors (Lipinski definition) is 1. The van der Waals surface area contributed by atoms with Crippen LogP contribution in [-0.4, -0.2) is 62.1 Å². The lowest BCUT2D eigenvalue weighted by Gasteiger charge is -2.12. The Morgan fingerprint density at radius 1 is 1.02 bits per heavy atom. The molecule has 12 nitrogen and oxygen atoms in total.